The van der Waals surface area contributed by atoms with E-state index in [9.17, 15) is 4.79 Å². The van der Waals surface area contributed by atoms with Crippen LogP contribution in [0.3, 0.4) is 0 Å². The number of rotatable bonds is 8. The van der Waals surface area contributed by atoms with Gasteiger partial charge >= 0.3 is 5.97 Å². The van der Waals surface area contributed by atoms with E-state index in [1.54, 1.807) is 0 Å². The van der Waals surface area contributed by atoms with Crippen molar-refractivity contribution in [1.82, 2.24) is 0 Å². The van der Waals surface area contributed by atoms with Crippen LogP contribution in [-0.2, 0) is 19.0 Å². The van der Waals surface area contributed by atoms with Gasteiger partial charge in [-0.3, -0.25) is 4.79 Å². The van der Waals surface area contributed by atoms with Crippen molar-refractivity contribution in [3.63, 3.8) is 0 Å². The van der Waals surface area contributed by atoms with Gasteiger partial charge < -0.3 is 14.2 Å². The number of hydrogen-bond donors (Lipinski definition) is 0. The van der Waals surface area contributed by atoms with E-state index in [1.165, 1.54) is 7.11 Å². The number of carbonyl (C=O) groups is 1. The average Bonchev–Trinajstić information content (AvgIpc) is 2.59. The SMILES string of the molecule is CCOC(CC(C(=O)OC)c1ccc2ccccc2c1)OCC. The molecular weight excluding hydrogens is 292 g/mol. The quantitative estimate of drug-likeness (QED) is 0.547. The summed E-state index contributed by atoms with van der Waals surface area (Å²) in [4.78, 5) is 12.3. The molecule has 0 radical (unpaired) electrons. The molecule has 0 aliphatic rings. The van der Waals surface area contributed by atoms with Gasteiger partial charge in [0.25, 0.3) is 0 Å². The topological polar surface area (TPSA) is 44.8 Å². The summed E-state index contributed by atoms with van der Waals surface area (Å²) in [6, 6.07) is 14.1. The van der Waals surface area contributed by atoms with Crippen LogP contribution in [0.15, 0.2) is 42.5 Å². The maximum absolute atomic E-state index is 12.3. The Labute approximate surface area is 137 Å². The third-order valence-electron chi connectivity index (χ3n) is 3.79. The Balaban J connectivity index is 2.30. The number of benzene rings is 2. The molecule has 2 aromatic carbocycles. The molecule has 0 aliphatic heterocycles. The lowest BCUT2D eigenvalue weighted by Crippen LogP contribution is -2.25. The van der Waals surface area contributed by atoms with E-state index in [-0.39, 0.29) is 5.97 Å². The minimum Gasteiger partial charge on any atom is -0.469 e. The Morgan fingerprint density at radius 1 is 1.00 bits per heavy atom. The number of fused-ring (bicyclic) bond motifs is 1. The molecule has 0 spiro atoms. The van der Waals surface area contributed by atoms with Crippen LogP contribution < -0.4 is 0 Å². The van der Waals surface area contributed by atoms with Crippen LogP contribution in [0.5, 0.6) is 0 Å². The van der Waals surface area contributed by atoms with Gasteiger partial charge in [-0.25, -0.2) is 0 Å². The molecule has 1 unspecified atom stereocenters. The van der Waals surface area contributed by atoms with Gasteiger partial charge in [-0.2, -0.15) is 0 Å². The van der Waals surface area contributed by atoms with Gasteiger partial charge in [0.05, 0.1) is 13.0 Å². The Morgan fingerprint density at radius 3 is 2.26 bits per heavy atom. The highest BCUT2D eigenvalue weighted by molar-refractivity contribution is 5.85. The Kier molecular flexibility index (Phi) is 6.56. The van der Waals surface area contributed by atoms with Crippen molar-refractivity contribution >= 4 is 16.7 Å². The number of ether oxygens (including phenoxy) is 3. The second kappa shape index (κ2) is 8.65. The van der Waals surface area contributed by atoms with Gasteiger partial charge in [-0.05, 0) is 30.2 Å². The van der Waals surface area contributed by atoms with E-state index in [2.05, 4.69) is 6.07 Å². The highest BCUT2D eigenvalue weighted by atomic mass is 16.7. The maximum Gasteiger partial charge on any atom is 0.313 e. The minimum atomic E-state index is -0.416. The summed E-state index contributed by atoms with van der Waals surface area (Å²) in [5, 5.41) is 2.24. The standard InChI is InChI=1S/C19H24O4/c1-4-22-18(23-5-2)13-17(19(20)21-3)16-11-10-14-8-6-7-9-15(14)12-16/h6-12,17-18H,4-5,13H2,1-3H3. The average molecular weight is 316 g/mol. The van der Waals surface area contributed by atoms with E-state index in [0.29, 0.717) is 19.6 Å². The van der Waals surface area contributed by atoms with Crippen LogP contribution in [-0.4, -0.2) is 32.6 Å². The van der Waals surface area contributed by atoms with Gasteiger partial charge in [0, 0.05) is 19.6 Å². The minimum absolute atomic E-state index is 0.273. The molecule has 0 fully saturated rings. The number of carbonyl (C=O) groups excluding carboxylic acids is 1. The van der Waals surface area contributed by atoms with Crippen molar-refractivity contribution in [2.75, 3.05) is 20.3 Å². The lowest BCUT2D eigenvalue weighted by atomic mass is 9.93. The number of esters is 1. The molecular formula is C19H24O4. The zero-order valence-electron chi connectivity index (χ0n) is 14.0. The smallest absolute Gasteiger partial charge is 0.313 e. The lowest BCUT2D eigenvalue weighted by molar-refractivity contribution is -0.157. The first kappa shape index (κ1) is 17.4. The molecule has 0 N–H and O–H groups in total. The summed E-state index contributed by atoms with van der Waals surface area (Å²) in [7, 11) is 1.41. The largest absolute Gasteiger partial charge is 0.469 e. The fraction of sp³-hybridized carbons (Fsp3) is 0.421. The molecule has 2 rings (SSSR count). The highest BCUT2D eigenvalue weighted by Crippen LogP contribution is 2.27. The van der Waals surface area contributed by atoms with E-state index >= 15 is 0 Å². The summed E-state index contributed by atoms with van der Waals surface area (Å²) in [5.74, 6) is -0.683. The Morgan fingerprint density at radius 2 is 1.65 bits per heavy atom. The van der Waals surface area contributed by atoms with Crippen molar-refractivity contribution in [2.24, 2.45) is 0 Å². The van der Waals surface area contributed by atoms with Gasteiger partial charge in [0.1, 0.15) is 0 Å². The molecule has 0 bridgehead atoms. The highest BCUT2D eigenvalue weighted by Gasteiger charge is 2.26. The van der Waals surface area contributed by atoms with E-state index in [1.807, 2.05) is 50.2 Å². The Bertz CT molecular complexity index is 632. The molecule has 4 heteroatoms. The van der Waals surface area contributed by atoms with E-state index in [4.69, 9.17) is 14.2 Å². The molecule has 124 valence electrons. The first-order valence-corrected chi connectivity index (χ1v) is 7.99. The van der Waals surface area contributed by atoms with Crippen molar-refractivity contribution in [2.45, 2.75) is 32.5 Å². The first-order chi connectivity index (χ1) is 11.2. The molecule has 23 heavy (non-hydrogen) atoms. The summed E-state index contributed by atoms with van der Waals surface area (Å²) >= 11 is 0. The van der Waals surface area contributed by atoms with Crippen LogP contribution in [0.25, 0.3) is 10.8 Å². The van der Waals surface area contributed by atoms with Crippen molar-refractivity contribution in [3.8, 4) is 0 Å². The second-order valence-corrected chi connectivity index (χ2v) is 5.26. The van der Waals surface area contributed by atoms with Gasteiger partial charge in [0.15, 0.2) is 6.29 Å². The van der Waals surface area contributed by atoms with E-state index in [0.717, 1.165) is 16.3 Å². The molecule has 0 aromatic heterocycles. The normalized spacial score (nSPS) is 12.5. The molecule has 0 heterocycles. The summed E-state index contributed by atoms with van der Waals surface area (Å²) in [6.07, 6.45) is 0.0211. The van der Waals surface area contributed by atoms with Gasteiger partial charge in [-0.15, -0.1) is 0 Å². The molecule has 0 saturated heterocycles. The zero-order chi connectivity index (χ0) is 16.7. The predicted molar refractivity (Wildman–Crippen MR) is 90.4 cm³/mol. The van der Waals surface area contributed by atoms with Crippen LogP contribution in [0.1, 0.15) is 31.7 Å². The summed E-state index contributed by atoms with van der Waals surface area (Å²) in [6.45, 7) is 4.90. The van der Waals surface area contributed by atoms with Crippen molar-refractivity contribution in [3.05, 3.63) is 48.0 Å². The molecule has 0 saturated carbocycles. The van der Waals surface area contributed by atoms with Crippen LogP contribution in [0, 0.1) is 0 Å². The molecule has 4 nitrogen and oxygen atoms in total. The third-order valence-corrected chi connectivity index (χ3v) is 3.79. The molecule has 0 aliphatic carbocycles. The number of methoxy groups -OCH3 is 1. The van der Waals surface area contributed by atoms with Gasteiger partial charge in [-0.1, -0.05) is 42.5 Å². The summed E-state index contributed by atoms with van der Waals surface area (Å²) < 4.78 is 16.2. The monoisotopic (exact) mass is 316 g/mol. The fourth-order valence-electron chi connectivity index (χ4n) is 2.68. The van der Waals surface area contributed by atoms with E-state index < -0.39 is 12.2 Å². The van der Waals surface area contributed by atoms with Gasteiger partial charge in [0.2, 0.25) is 0 Å². The molecule has 2 aromatic rings. The molecule has 1 atom stereocenters. The van der Waals surface area contributed by atoms with Crippen molar-refractivity contribution < 1.29 is 19.0 Å². The third kappa shape index (κ3) is 4.53. The molecule has 0 amide bonds. The lowest BCUT2D eigenvalue weighted by Gasteiger charge is -2.22. The number of hydrogen-bond acceptors (Lipinski definition) is 4. The fourth-order valence-corrected chi connectivity index (χ4v) is 2.68. The van der Waals surface area contributed by atoms with Crippen molar-refractivity contribution in [1.29, 1.82) is 0 Å². The first-order valence-electron chi connectivity index (χ1n) is 7.99. The van der Waals surface area contributed by atoms with Crippen LogP contribution in [0.4, 0.5) is 0 Å². The maximum atomic E-state index is 12.3. The Hall–Kier alpha value is -1.91. The zero-order valence-corrected chi connectivity index (χ0v) is 14.0. The summed E-state index contributed by atoms with van der Waals surface area (Å²) in [5.41, 5.74) is 0.917. The predicted octanol–water partition coefficient (Wildman–Crippen LogP) is 3.89. The second-order valence-electron chi connectivity index (χ2n) is 5.26. The van der Waals surface area contributed by atoms with Crippen LogP contribution in [0.2, 0.25) is 0 Å². The van der Waals surface area contributed by atoms with Crippen LogP contribution >= 0.6 is 0 Å².